The largest absolute Gasteiger partial charge is 0.488 e. The maximum absolute atomic E-state index is 14.4. The Hall–Kier alpha value is -3.98. The van der Waals surface area contributed by atoms with Crippen LogP contribution >= 0.6 is 11.3 Å². The Morgan fingerprint density at radius 2 is 1.86 bits per heavy atom. The highest BCUT2D eigenvalue weighted by Gasteiger charge is 2.62. The molecule has 1 saturated heterocycles. The molecule has 270 valence electrons. The number of likely N-dealkylation sites (tertiary alicyclic amines) is 1. The lowest BCUT2D eigenvalue weighted by atomic mass is 9.85. The fourth-order valence-corrected chi connectivity index (χ4v) is 8.78. The molecule has 4 aliphatic rings. The minimum Gasteiger partial charge on any atom is -0.488 e. The van der Waals surface area contributed by atoms with Gasteiger partial charge in [0.25, 0.3) is 5.91 Å². The second-order valence-electron chi connectivity index (χ2n) is 14.8. The molecule has 3 heterocycles. The van der Waals surface area contributed by atoms with E-state index < -0.39 is 74.1 Å². The number of hydrogen-bond donors (Lipinski definition) is 3. The van der Waals surface area contributed by atoms with E-state index in [0.29, 0.717) is 24.3 Å². The van der Waals surface area contributed by atoms with Crippen molar-refractivity contribution in [3.05, 3.63) is 47.8 Å². The van der Waals surface area contributed by atoms with Crippen molar-refractivity contribution in [2.75, 3.05) is 6.54 Å². The maximum Gasteiger partial charge on any atom is 0.408 e. The normalized spacial score (nSPS) is 25.7. The highest BCUT2D eigenvalue weighted by molar-refractivity contribution is 7.91. The first kappa shape index (κ1) is 35.8. The fraction of sp³-hybridized carbons (Fsp3) is 0.571. The van der Waals surface area contributed by atoms with E-state index in [9.17, 15) is 27.6 Å². The highest BCUT2D eigenvalue weighted by Crippen LogP contribution is 2.45. The lowest BCUT2D eigenvalue weighted by Crippen LogP contribution is -2.60. The molecule has 3 aliphatic carbocycles. The number of nitrogens with zero attached hydrogens (tertiary/aromatic N) is 2. The molecule has 0 bridgehead atoms. The van der Waals surface area contributed by atoms with Crippen molar-refractivity contribution in [1.29, 1.82) is 0 Å². The van der Waals surface area contributed by atoms with Crippen LogP contribution in [0, 0.1) is 11.3 Å². The molecule has 0 radical (unpaired) electrons. The van der Waals surface area contributed by atoms with Crippen LogP contribution < -0.4 is 20.1 Å². The lowest BCUT2D eigenvalue weighted by Gasteiger charge is -2.35. The van der Waals surface area contributed by atoms with E-state index in [1.807, 2.05) is 37.6 Å². The molecule has 2 aromatic rings. The second-order valence-corrected chi connectivity index (χ2v) is 17.5. The van der Waals surface area contributed by atoms with Crippen molar-refractivity contribution in [3.63, 3.8) is 0 Å². The third kappa shape index (κ3) is 7.83. The molecule has 50 heavy (non-hydrogen) atoms. The molecule has 4 amide bonds. The molecule has 3 saturated carbocycles. The van der Waals surface area contributed by atoms with Crippen LogP contribution in [0.2, 0.25) is 0 Å². The summed E-state index contributed by atoms with van der Waals surface area (Å²) in [4.78, 5) is 60.9. The predicted octanol–water partition coefficient (Wildman–Crippen LogP) is 3.91. The number of carbonyl (C=O) groups excluding carboxylic acids is 4. The van der Waals surface area contributed by atoms with Gasteiger partial charge >= 0.3 is 6.09 Å². The number of aromatic nitrogens is 1. The van der Waals surface area contributed by atoms with E-state index in [-0.39, 0.29) is 25.5 Å². The molecule has 0 spiro atoms. The van der Waals surface area contributed by atoms with Gasteiger partial charge in [-0.3, -0.25) is 24.1 Å². The molecule has 5 atom stereocenters. The van der Waals surface area contributed by atoms with Gasteiger partial charge in [0.1, 0.15) is 35.6 Å². The van der Waals surface area contributed by atoms with Crippen LogP contribution in [0.25, 0.3) is 11.3 Å². The molecule has 15 heteroatoms. The van der Waals surface area contributed by atoms with Crippen molar-refractivity contribution >= 4 is 45.2 Å². The van der Waals surface area contributed by atoms with Gasteiger partial charge in [-0.25, -0.2) is 13.2 Å². The minimum atomic E-state index is -3.88. The van der Waals surface area contributed by atoms with Crippen molar-refractivity contribution < 1.29 is 37.1 Å². The number of alkyl carbamates (subject to hydrolysis) is 1. The monoisotopic (exact) mass is 727 g/mol. The average molecular weight is 728 g/mol. The third-order valence-electron chi connectivity index (χ3n) is 9.90. The summed E-state index contributed by atoms with van der Waals surface area (Å²) in [5.41, 5.74) is -0.658. The molecular weight excluding hydrogens is 683 g/mol. The van der Waals surface area contributed by atoms with Gasteiger partial charge < -0.3 is 25.0 Å². The van der Waals surface area contributed by atoms with Gasteiger partial charge in [0.15, 0.2) is 0 Å². The number of ether oxygens (including phenoxy) is 2. The average Bonchev–Trinajstić information content (AvgIpc) is 3.81. The second kappa shape index (κ2) is 14.0. The van der Waals surface area contributed by atoms with E-state index >= 15 is 0 Å². The number of thiophene rings is 1. The number of carbonyl (C=O) groups is 4. The van der Waals surface area contributed by atoms with Crippen molar-refractivity contribution in [3.8, 4) is 17.0 Å². The summed E-state index contributed by atoms with van der Waals surface area (Å²) in [6, 6.07) is 3.28. The Balaban J connectivity index is 1.24. The zero-order valence-corrected chi connectivity index (χ0v) is 30.2. The molecule has 2 aromatic heterocycles. The maximum atomic E-state index is 14.4. The summed E-state index contributed by atoms with van der Waals surface area (Å²) >= 11 is 1.54. The highest BCUT2D eigenvalue weighted by atomic mass is 32.2. The quantitative estimate of drug-likeness (QED) is 0.274. The van der Waals surface area contributed by atoms with Gasteiger partial charge in [0.05, 0.1) is 17.5 Å². The zero-order valence-electron chi connectivity index (χ0n) is 28.6. The Morgan fingerprint density at radius 3 is 2.48 bits per heavy atom. The summed E-state index contributed by atoms with van der Waals surface area (Å²) in [6.45, 7) is 9.22. The molecule has 0 aromatic carbocycles. The van der Waals surface area contributed by atoms with Crippen LogP contribution in [0.5, 0.6) is 5.75 Å². The van der Waals surface area contributed by atoms with Crippen LogP contribution in [-0.2, 0) is 29.1 Å². The van der Waals surface area contributed by atoms with Crippen LogP contribution in [-0.4, -0.2) is 83.7 Å². The summed E-state index contributed by atoms with van der Waals surface area (Å²) in [7, 11) is -3.88. The molecule has 1 aliphatic heterocycles. The van der Waals surface area contributed by atoms with Gasteiger partial charge in [0, 0.05) is 35.5 Å². The fourth-order valence-electron chi connectivity index (χ4n) is 6.76. The number of amides is 4. The van der Waals surface area contributed by atoms with Gasteiger partial charge in [-0.2, -0.15) is 11.3 Å². The molecule has 13 nitrogen and oxygen atoms in total. The Labute approximate surface area is 296 Å². The molecule has 6 rings (SSSR count). The summed E-state index contributed by atoms with van der Waals surface area (Å²) < 4.78 is 39.4. The van der Waals surface area contributed by atoms with E-state index in [2.05, 4.69) is 26.9 Å². The van der Waals surface area contributed by atoms with Crippen molar-refractivity contribution in [2.45, 2.75) is 107 Å². The molecule has 4 fully saturated rings. The van der Waals surface area contributed by atoms with Gasteiger partial charge in [-0.15, -0.1) is 6.58 Å². The van der Waals surface area contributed by atoms with Crippen molar-refractivity contribution in [1.82, 2.24) is 25.2 Å². The topological polar surface area (TPSA) is 173 Å². The first-order valence-corrected chi connectivity index (χ1v) is 19.6. The van der Waals surface area contributed by atoms with E-state index in [1.54, 1.807) is 29.7 Å². The molecular formula is C35H45N5O8S2. The Kier molecular flexibility index (Phi) is 10.0. The van der Waals surface area contributed by atoms with E-state index in [0.717, 1.165) is 31.2 Å². The van der Waals surface area contributed by atoms with Crippen LogP contribution in [0.15, 0.2) is 47.8 Å². The number of sulfonamides is 1. The van der Waals surface area contributed by atoms with Gasteiger partial charge in [-0.05, 0) is 67.9 Å². The first-order valence-electron chi connectivity index (χ1n) is 17.1. The smallest absolute Gasteiger partial charge is 0.408 e. The predicted molar refractivity (Wildman–Crippen MR) is 186 cm³/mol. The van der Waals surface area contributed by atoms with Crippen molar-refractivity contribution in [2.24, 2.45) is 11.3 Å². The SMILES string of the molecule is C=CC1CC1(NC(=O)C1CC(Oc2ccnc(-c3ccsc3)c2)CN1C(=O)C(NC(=O)OC1CCCC1)C(C)(C)C)C(=O)NS(=O)(=O)C1CC1. The van der Waals surface area contributed by atoms with E-state index in [4.69, 9.17) is 9.47 Å². The summed E-state index contributed by atoms with van der Waals surface area (Å²) in [5, 5.41) is 8.85. The lowest BCUT2D eigenvalue weighted by molar-refractivity contribution is -0.143. The number of hydrogen-bond acceptors (Lipinski definition) is 10. The van der Waals surface area contributed by atoms with Crippen LogP contribution in [0.3, 0.4) is 0 Å². The molecule has 5 unspecified atom stereocenters. The number of rotatable bonds is 12. The summed E-state index contributed by atoms with van der Waals surface area (Å²) in [6.07, 6.45) is 6.24. The Bertz CT molecular complexity index is 1730. The number of nitrogens with one attached hydrogen (secondary N) is 3. The van der Waals surface area contributed by atoms with Crippen LogP contribution in [0.1, 0.15) is 72.1 Å². The third-order valence-corrected chi connectivity index (χ3v) is 12.4. The van der Waals surface area contributed by atoms with Gasteiger partial charge in [0.2, 0.25) is 21.8 Å². The van der Waals surface area contributed by atoms with E-state index in [1.165, 1.54) is 11.0 Å². The number of pyridine rings is 1. The zero-order chi connectivity index (χ0) is 35.8. The molecule has 3 N–H and O–H groups in total. The minimum absolute atomic E-state index is 0.0130. The first-order chi connectivity index (χ1) is 23.7. The summed E-state index contributed by atoms with van der Waals surface area (Å²) in [5.74, 6) is -1.97. The Morgan fingerprint density at radius 1 is 1.12 bits per heavy atom. The standard InChI is InChI=1S/C35H45N5O8S2/c1-5-22-18-35(22,32(43)39-50(45,46)26-10-11-26)38-30(41)28-17-25(47-24-12-14-36-27(16-24)21-13-15-49-20-21)19-40(28)31(42)29(34(2,3)4)37-33(44)48-23-8-6-7-9-23/h5,12-16,20,22-23,25-26,28-29H,1,6-11,17-19H2,2-4H3,(H,37,44)(H,38,41)(H,39,43). The van der Waals surface area contributed by atoms with Gasteiger partial charge in [-0.1, -0.05) is 26.8 Å². The van der Waals surface area contributed by atoms with Crippen LogP contribution in [0.4, 0.5) is 4.79 Å².